The lowest BCUT2D eigenvalue weighted by molar-refractivity contribution is -0.140. The largest absolute Gasteiger partial charge is 0.460 e. The molecule has 0 aromatic heterocycles. The lowest BCUT2D eigenvalue weighted by atomic mass is 9.95. The van der Waals surface area contributed by atoms with Crippen molar-refractivity contribution in [2.75, 3.05) is 26.9 Å². The predicted molar refractivity (Wildman–Crippen MR) is 97.3 cm³/mol. The molecule has 1 atom stereocenters. The Morgan fingerprint density at radius 1 is 1.48 bits per heavy atom. The van der Waals surface area contributed by atoms with Crippen LogP contribution in [0.15, 0.2) is 48.2 Å². The Hall–Kier alpha value is -2.25. The smallest absolute Gasteiger partial charge is 0.338 e. The van der Waals surface area contributed by atoms with Gasteiger partial charge in [0.05, 0.1) is 18.2 Å². The van der Waals surface area contributed by atoms with E-state index in [0.29, 0.717) is 35.1 Å². The average molecular weight is 364 g/mol. The minimum Gasteiger partial charge on any atom is -0.460 e. The molecule has 25 heavy (non-hydrogen) atoms. The van der Waals surface area contributed by atoms with Crippen molar-refractivity contribution in [1.29, 1.82) is 0 Å². The zero-order chi connectivity index (χ0) is 18.4. The van der Waals surface area contributed by atoms with E-state index in [1.54, 1.807) is 30.0 Å². The first-order valence-electron chi connectivity index (χ1n) is 7.80. The van der Waals surface area contributed by atoms with E-state index in [9.17, 15) is 9.18 Å². The van der Waals surface area contributed by atoms with Gasteiger partial charge in [0.25, 0.3) is 0 Å². The number of allylic oxidation sites excluding steroid dienone is 1. The van der Waals surface area contributed by atoms with Gasteiger partial charge in [0, 0.05) is 19.4 Å². The van der Waals surface area contributed by atoms with Gasteiger partial charge >= 0.3 is 5.97 Å². The predicted octanol–water partition coefficient (Wildman–Crippen LogP) is 2.71. The number of carbonyl (C=O) groups excluding carboxylic acids is 1. The van der Waals surface area contributed by atoms with Crippen molar-refractivity contribution in [3.8, 4) is 0 Å². The molecule has 0 saturated heterocycles. The van der Waals surface area contributed by atoms with Crippen LogP contribution in [0.5, 0.6) is 0 Å². The van der Waals surface area contributed by atoms with E-state index in [1.165, 1.54) is 19.2 Å². The molecule has 0 bridgehead atoms. The zero-order valence-electron chi connectivity index (χ0n) is 14.3. The molecule has 1 aliphatic rings. The Kier molecular flexibility index (Phi) is 6.66. The quantitative estimate of drug-likeness (QED) is 0.347. The Bertz CT molecular complexity index is 705. The van der Waals surface area contributed by atoms with E-state index >= 15 is 0 Å². The fraction of sp³-hybridized carbons (Fsp3) is 0.333. The highest BCUT2D eigenvalue weighted by Crippen LogP contribution is 2.31. The van der Waals surface area contributed by atoms with Crippen molar-refractivity contribution in [1.82, 2.24) is 10.2 Å². The van der Waals surface area contributed by atoms with Crippen LogP contribution in [0.3, 0.4) is 0 Å². The second-order valence-electron chi connectivity index (χ2n) is 5.46. The van der Waals surface area contributed by atoms with Crippen molar-refractivity contribution in [2.24, 2.45) is 0 Å². The Morgan fingerprint density at radius 2 is 2.24 bits per heavy atom. The number of thiocarbonyl (C=S) groups is 1. The van der Waals surface area contributed by atoms with E-state index in [1.807, 2.05) is 0 Å². The highest BCUT2D eigenvalue weighted by molar-refractivity contribution is 7.80. The van der Waals surface area contributed by atoms with Gasteiger partial charge in [-0.1, -0.05) is 18.2 Å². The van der Waals surface area contributed by atoms with Crippen LogP contribution in [-0.2, 0) is 14.3 Å². The normalized spacial score (nSPS) is 17.3. The number of hydrogen-bond acceptors (Lipinski definition) is 4. The summed E-state index contributed by atoms with van der Waals surface area (Å²) in [5.41, 5.74) is 1.64. The third-order valence-corrected chi connectivity index (χ3v) is 4.17. The maximum absolute atomic E-state index is 13.7. The highest BCUT2D eigenvalue weighted by atomic mass is 32.1. The van der Waals surface area contributed by atoms with Crippen molar-refractivity contribution in [3.05, 3.63) is 59.6 Å². The van der Waals surface area contributed by atoms with Gasteiger partial charge in [-0.15, -0.1) is 6.58 Å². The molecular weight excluding hydrogens is 343 g/mol. The van der Waals surface area contributed by atoms with Gasteiger partial charge < -0.3 is 19.7 Å². The van der Waals surface area contributed by atoms with Crippen LogP contribution in [0.2, 0.25) is 0 Å². The van der Waals surface area contributed by atoms with Gasteiger partial charge in [0.2, 0.25) is 0 Å². The average Bonchev–Trinajstić information content (AvgIpc) is 2.58. The third kappa shape index (κ3) is 4.43. The zero-order valence-corrected chi connectivity index (χ0v) is 15.1. The molecule has 1 heterocycles. The van der Waals surface area contributed by atoms with Crippen molar-refractivity contribution < 1.29 is 18.7 Å². The monoisotopic (exact) mass is 364 g/mol. The van der Waals surface area contributed by atoms with Crippen molar-refractivity contribution >= 4 is 23.3 Å². The van der Waals surface area contributed by atoms with Crippen molar-refractivity contribution in [2.45, 2.75) is 13.0 Å². The van der Waals surface area contributed by atoms with Gasteiger partial charge in [-0.25, -0.2) is 9.18 Å². The van der Waals surface area contributed by atoms with Crippen LogP contribution in [0.4, 0.5) is 4.39 Å². The topological polar surface area (TPSA) is 50.8 Å². The molecule has 1 aliphatic heterocycles. The van der Waals surface area contributed by atoms with E-state index in [4.69, 9.17) is 21.7 Å². The Morgan fingerprint density at radius 3 is 2.88 bits per heavy atom. The number of methoxy groups -OCH3 is 1. The van der Waals surface area contributed by atoms with Crippen LogP contribution in [0.1, 0.15) is 18.5 Å². The fourth-order valence-electron chi connectivity index (χ4n) is 2.63. The molecule has 2 rings (SSSR count). The summed E-state index contributed by atoms with van der Waals surface area (Å²) in [5.74, 6) is -0.878. The number of carbonyl (C=O) groups is 1. The summed E-state index contributed by atoms with van der Waals surface area (Å²) in [6.07, 6.45) is 1.69. The molecule has 1 aromatic carbocycles. The highest BCUT2D eigenvalue weighted by Gasteiger charge is 2.34. The minimum absolute atomic E-state index is 0.133. The SMILES string of the molecule is C=CCN1C(=S)N[C@@H](c2cccc(F)c2)C(C(=O)OCCOC)=C1C. The summed E-state index contributed by atoms with van der Waals surface area (Å²) in [5, 5.41) is 3.54. The number of nitrogens with one attached hydrogen (secondary N) is 1. The molecule has 1 aromatic rings. The molecule has 0 aliphatic carbocycles. The maximum atomic E-state index is 13.7. The second kappa shape index (κ2) is 8.73. The summed E-state index contributed by atoms with van der Waals surface area (Å²) >= 11 is 5.39. The van der Waals surface area contributed by atoms with Gasteiger partial charge in [0.15, 0.2) is 5.11 Å². The molecule has 0 radical (unpaired) electrons. The minimum atomic E-state index is -0.584. The number of rotatable bonds is 7. The first-order valence-corrected chi connectivity index (χ1v) is 8.21. The summed E-state index contributed by atoms with van der Waals surface area (Å²) < 4.78 is 23.8. The molecule has 5 nitrogen and oxygen atoms in total. The lowest BCUT2D eigenvalue weighted by Crippen LogP contribution is -2.48. The summed E-state index contributed by atoms with van der Waals surface area (Å²) in [4.78, 5) is 14.4. The molecule has 0 saturated carbocycles. The molecule has 1 N–H and O–H groups in total. The molecule has 134 valence electrons. The molecule has 0 amide bonds. The van der Waals surface area contributed by atoms with Crippen LogP contribution in [-0.4, -0.2) is 42.8 Å². The lowest BCUT2D eigenvalue weighted by Gasteiger charge is -2.37. The van der Waals surface area contributed by atoms with Gasteiger partial charge in [-0.2, -0.15) is 0 Å². The number of esters is 1. The summed E-state index contributed by atoms with van der Waals surface area (Å²) in [6.45, 7) is 6.37. The summed E-state index contributed by atoms with van der Waals surface area (Å²) in [7, 11) is 1.53. The van der Waals surface area contributed by atoms with E-state index in [-0.39, 0.29) is 12.4 Å². The van der Waals surface area contributed by atoms with E-state index in [0.717, 1.165) is 0 Å². The van der Waals surface area contributed by atoms with E-state index in [2.05, 4.69) is 11.9 Å². The summed E-state index contributed by atoms with van der Waals surface area (Å²) in [6, 6.07) is 5.47. The van der Waals surface area contributed by atoms with Crippen molar-refractivity contribution in [3.63, 3.8) is 0 Å². The second-order valence-corrected chi connectivity index (χ2v) is 5.85. The number of halogens is 1. The van der Waals surface area contributed by atoms with Crippen LogP contribution < -0.4 is 5.32 Å². The Balaban J connectivity index is 2.43. The standard InChI is InChI=1S/C18H21FN2O3S/c1-4-8-21-12(2)15(17(22)24-10-9-23-3)16(20-18(21)25)13-6-5-7-14(19)11-13/h4-7,11,16H,1,8-10H2,2-3H3,(H,20,25)/t16-/m0/s1. The molecule has 0 fully saturated rings. The van der Waals surface area contributed by atoms with Gasteiger partial charge in [-0.3, -0.25) is 0 Å². The third-order valence-electron chi connectivity index (χ3n) is 3.83. The first kappa shape index (κ1) is 19.1. The number of nitrogens with zero attached hydrogens (tertiary/aromatic N) is 1. The number of hydrogen-bond donors (Lipinski definition) is 1. The van der Waals surface area contributed by atoms with Gasteiger partial charge in [0.1, 0.15) is 12.4 Å². The van der Waals surface area contributed by atoms with Crippen LogP contribution in [0.25, 0.3) is 0 Å². The molecule has 7 heteroatoms. The fourth-order valence-corrected chi connectivity index (χ4v) is 2.96. The molecule has 0 spiro atoms. The number of ether oxygens (including phenoxy) is 2. The van der Waals surface area contributed by atoms with E-state index < -0.39 is 12.0 Å². The molecular formula is C18H21FN2O3S. The van der Waals surface area contributed by atoms with Crippen LogP contribution >= 0.6 is 12.2 Å². The van der Waals surface area contributed by atoms with Crippen LogP contribution in [0, 0.1) is 5.82 Å². The van der Waals surface area contributed by atoms with Gasteiger partial charge in [-0.05, 0) is 36.8 Å². The first-order chi connectivity index (χ1) is 12.0. The molecule has 0 unspecified atom stereocenters. The number of benzene rings is 1. The maximum Gasteiger partial charge on any atom is 0.338 e. The Labute approximate surface area is 152 Å².